The summed E-state index contributed by atoms with van der Waals surface area (Å²) in [5.41, 5.74) is 0.580. The molecule has 1 atom stereocenters. The van der Waals surface area contributed by atoms with Crippen molar-refractivity contribution in [1.29, 1.82) is 0 Å². The summed E-state index contributed by atoms with van der Waals surface area (Å²) in [5, 5.41) is 2.44. The van der Waals surface area contributed by atoms with E-state index in [9.17, 15) is 14.4 Å². The molecule has 0 fully saturated rings. The largest absolute Gasteiger partial charge is 0.484 e. The number of likely N-dealkylation sites (N-methyl/N-ethyl adjacent to an activating group) is 1. The van der Waals surface area contributed by atoms with Crippen molar-refractivity contribution in [1.82, 2.24) is 10.2 Å². The lowest BCUT2D eigenvalue weighted by molar-refractivity contribution is -0.160. The molecule has 2 aromatic rings. The summed E-state index contributed by atoms with van der Waals surface area (Å²) in [6.07, 6.45) is -1.05. The monoisotopic (exact) mass is 398 g/mol. The van der Waals surface area contributed by atoms with Crippen LogP contribution < -0.4 is 10.1 Å². The van der Waals surface area contributed by atoms with Crippen LogP contribution in [0.4, 0.5) is 0 Å². The van der Waals surface area contributed by atoms with Gasteiger partial charge in [0, 0.05) is 18.7 Å². The molecule has 154 valence electrons. The summed E-state index contributed by atoms with van der Waals surface area (Å²) in [4.78, 5) is 38.5. The molecule has 29 heavy (non-hydrogen) atoms. The van der Waals surface area contributed by atoms with Crippen LogP contribution in [0.5, 0.6) is 5.75 Å². The lowest BCUT2D eigenvalue weighted by Crippen LogP contribution is -2.39. The predicted molar refractivity (Wildman–Crippen MR) is 108 cm³/mol. The molecule has 0 heterocycles. The minimum Gasteiger partial charge on any atom is -0.484 e. The fraction of sp³-hybridized carbons (Fsp3) is 0.318. The van der Waals surface area contributed by atoms with Gasteiger partial charge in [-0.05, 0) is 26.0 Å². The maximum Gasteiger partial charge on any atom is 0.326 e. The van der Waals surface area contributed by atoms with Crippen LogP contribution in [-0.4, -0.2) is 48.9 Å². The van der Waals surface area contributed by atoms with Crippen molar-refractivity contribution in [2.75, 3.05) is 26.2 Å². The van der Waals surface area contributed by atoms with Crippen LogP contribution in [0.3, 0.4) is 0 Å². The van der Waals surface area contributed by atoms with Crippen LogP contribution >= 0.6 is 0 Å². The Morgan fingerprint density at radius 1 is 0.931 bits per heavy atom. The molecule has 0 spiro atoms. The van der Waals surface area contributed by atoms with Crippen molar-refractivity contribution in [2.24, 2.45) is 0 Å². The number of ether oxygens (including phenoxy) is 2. The first kappa shape index (κ1) is 21.9. The first-order valence-electron chi connectivity index (χ1n) is 9.52. The Hall–Kier alpha value is -3.35. The Kier molecular flexibility index (Phi) is 8.69. The van der Waals surface area contributed by atoms with Gasteiger partial charge in [0.2, 0.25) is 6.10 Å². The molecule has 0 unspecified atom stereocenters. The number of hydrogen-bond donors (Lipinski definition) is 1. The molecule has 2 amide bonds. The van der Waals surface area contributed by atoms with E-state index in [1.165, 1.54) is 0 Å². The molecule has 1 N–H and O–H groups in total. The van der Waals surface area contributed by atoms with E-state index in [0.29, 0.717) is 24.4 Å². The molecule has 0 radical (unpaired) electrons. The van der Waals surface area contributed by atoms with Gasteiger partial charge in [-0.2, -0.15) is 0 Å². The second kappa shape index (κ2) is 11.5. The third-order valence-electron chi connectivity index (χ3n) is 4.19. The second-order valence-electron chi connectivity index (χ2n) is 6.17. The summed E-state index contributed by atoms with van der Waals surface area (Å²) >= 11 is 0. The molecule has 0 aliphatic heterocycles. The molecule has 0 aliphatic rings. The Labute approximate surface area is 170 Å². The van der Waals surface area contributed by atoms with Crippen LogP contribution in [0.25, 0.3) is 0 Å². The van der Waals surface area contributed by atoms with Crippen LogP contribution in [-0.2, 0) is 19.1 Å². The van der Waals surface area contributed by atoms with Gasteiger partial charge in [0.25, 0.3) is 11.8 Å². The molecule has 0 bridgehead atoms. The Bertz CT molecular complexity index is 791. The third-order valence-corrected chi connectivity index (χ3v) is 4.19. The Balaban J connectivity index is 1.91. The molecule has 0 saturated heterocycles. The van der Waals surface area contributed by atoms with Gasteiger partial charge >= 0.3 is 5.97 Å². The summed E-state index contributed by atoms with van der Waals surface area (Å²) < 4.78 is 10.7. The molecular weight excluding hydrogens is 372 g/mol. The molecule has 7 nitrogen and oxygen atoms in total. The number of amides is 2. The summed E-state index contributed by atoms with van der Waals surface area (Å²) in [7, 11) is 0. The van der Waals surface area contributed by atoms with E-state index in [-0.39, 0.29) is 19.1 Å². The summed E-state index contributed by atoms with van der Waals surface area (Å²) in [5.74, 6) is -0.906. The quantitative estimate of drug-likeness (QED) is 0.621. The number of benzene rings is 2. The molecule has 0 aliphatic carbocycles. The minimum absolute atomic E-state index is 0.224. The lowest BCUT2D eigenvalue weighted by atomic mass is 10.1. The number of para-hydroxylation sites is 1. The van der Waals surface area contributed by atoms with E-state index < -0.39 is 18.0 Å². The molecule has 0 aromatic heterocycles. The first-order chi connectivity index (χ1) is 14.0. The van der Waals surface area contributed by atoms with Gasteiger partial charge in [-0.25, -0.2) is 0 Å². The van der Waals surface area contributed by atoms with Crippen molar-refractivity contribution in [3.8, 4) is 5.75 Å². The van der Waals surface area contributed by atoms with Gasteiger partial charge < -0.3 is 19.7 Å². The highest BCUT2D eigenvalue weighted by Crippen LogP contribution is 2.20. The molecule has 2 rings (SSSR count). The fourth-order valence-corrected chi connectivity index (χ4v) is 2.65. The van der Waals surface area contributed by atoms with Crippen LogP contribution in [0.1, 0.15) is 25.5 Å². The van der Waals surface area contributed by atoms with E-state index in [2.05, 4.69) is 5.32 Å². The zero-order chi connectivity index (χ0) is 21.1. The zero-order valence-electron chi connectivity index (χ0n) is 16.7. The highest BCUT2D eigenvalue weighted by atomic mass is 16.5. The molecular formula is C22H26N2O5. The first-order valence-corrected chi connectivity index (χ1v) is 9.52. The van der Waals surface area contributed by atoms with Gasteiger partial charge in [-0.1, -0.05) is 48.5 Å². The van der Waals surface area contributed by atoms with Gasteiger partial charge in [-0.15, -0.1) is 0 Å². The molecule has 2 aromatic carbocycles. The Morgan fingerprint density at radius 3 is 2.10 bits per heavy atom. The number of hydrogen-bond acceptors (Lipinski definition) is 5. The van der Waals surface area contributed by atoms with Crippen molar-refractivity contribution in [3.63, 3.8) is 0 Å². The SMILES string of the molecule is CCN(CC)C(=O)[C@H](OC(=O)CNC(=O)COc1ccccc1)c1ccccc1. The van der Waals surface area contributed by atoms with E-state index in [1.807, 2.05) is 26.0 Å². The smallest absolute Gasteiger partial charge is 0.326 e. The Morgan fingerprint density at radius 2 is 1.52 bits per heavy atom. The van der Waals surface area contributed by atoms with Crippen LogP contribution in [0.2, 0.25) is 0 Å². The average molecular weight is 398 g/mol. The second-order valence-corrected chi connectivity index (χ2v) is 6.17. The average Bonchev–Trinajstić information content (AvgIpc) is 2.76. The number of rotatable bonds is 10. The van der Waals surface area contributed by atoms with Crippen molar-refractivity contribution in [2.45, 2.75) is 20.0 Å². The highest BCUT2D eigenvalue weighted by Gasteiger charge is 2.28. The van der Waals surface area contributed by atoms with Crippen LogP contribution in [0.15, 0.2) is 60.7 Å². The topological polar surface area (TPSA) is 84.9 Å². The molecule has 7 heteroatoms. The maximum absolute atomic E-state index is 12.8. The number of carbonyl (C=O) groups is 3. The maximum atomic E-state index is 12.8. The summed E-state index contributed by atoms with van der Waals surface area (Å²) in [6.45, 7) is 4.15. The van der Waals surface area contributed by atoms with Crippen molar-refractivity contribution in [3.05, 3.63) is 66.2 Å². The van der Waals surface area contributed by atoms with E-state index >= 15 is 0 Å². The number of carbonyl (C=O) groups excluding carboxylic acids is 3. The zero-order valence-corrected chi connectivity index (χ0v) is 16.7. The number of esters is 1. The van der Waals surface area contributed by atoms with Gasteiger partial charge in [0.1, 0.15) is 12.3 Å². The van der Waals surface area contributed by atoms with E-state index in [1.54, 1.807) is 53.4 Å². The minimum atomic E-state index is -1.05. The third kappa shape index (κ3) is 6.95. The number of nitrogens with one attached hydrogen (secondary N) is 1. The van der Waals surface area contributed by atoms with Gasteiger partial charge in [-0.3, -0.25) is 14.4 Å². The van der Waals surface area contributed by atoms with Gasteiger partial charge in [0.05, 0.1) is 0 Å². The summed E-state index contributed by atoms with van der Waals surface area (Å²) in [6, 6.07) is 17.7. The van der Waals surface area contributed by atoms with Gasteiger partial charge in [0.15, 0.2) is 6.61 Å². The van der Waals surface area contributed by atoms with Crippen molar-refractivity contribution >= 4 is 17.8 Å². The van der Waals surface area contributed by atoms with Crippen molar-refractivity contribution < 1.29 is 23.9 Å². The normalized spacial score (nSPS) is 11.2. The standard InChI is InChI=1S/C22H26N2O5/c1-3-24(4-2)22(27)21(17-11-7-5-8-12-17)29-20(26)15-23-19(25)16-28-18-13-9-6-10-14-18/h5-14,21H,3-4,15-16H2,1-2H3,(H,23,25)/t21-/m1/s1. The van der Waals surface area contributed by atoms with Crippen LogP contribution in [0, 0.1) is 0 Å². The lowest BCUT2D eigenvalue weighted by Gasteiger charge is -2.25. The number of nitrogens with zero attached hydrogens (tertiary/aromatic N) is 1. The fourth-order valence-electron chi connectivity index (χ4n) is 2.65. The van der Waals surface area contributed by atoms with E-state index in [0.717, 1.165) is 0 Å². The highest BCUT2D eigenvalue weighted by molar-refractivity contribution is 5.87. The molecule has 0 saturated carbocycles. The predicted octanol–water partition coefficient (Wildman–Crippen LogP) is 2.33. The van der Waals surface area contributed by atoms with E-state index in [4.69, 9.17) is 9.47 Å².